The number of nitrogens with zero attached hydrogens (tertiary/aromatic N) is 1. The number of rotatable bonds is 4. The van der Waals surface area contributed by atoms with Crippen LogP contribution in [0.3, 0.4) is 0 Å². The topological polar surface area (TPSA) is 29.3 Å². The van der Waals surface area contributed by atoms with E-state index in [1.807, 2.05) is 6.07 Å². The molecule has 0 saturated carbocycles. The average Bonchev–Trinajstić information content (AvgIpc) is 2.83. The Morgan fingerprint density at radius 1 is 1.05 bits per heavy atom. The smallest absolute Gasteiger partial charge is 0.123 e. The second-order valence-electron chi connectivity index (χ2n) is 5.44. The van der Waals surface area contributed by atoms with E-state index in [0.717, 1.165) is 36.2 Å². The van der Waals surface area contributed by atoms with Gasteiger partial charge in [-0.2, -0.15) is 0 Å². The molecule has 0 spiro atoms. The lowest BCUT2D eigenvalue weighted by Gasteiger charge is -2.23. The predicted octanol–water partition coefficient (Wildman–Crippen LogP) is 3.02. The van der Waals surface area contributed by atoms with Gasteiger partial charge >= 0.3 is 0 Å². The van der Waals surface area contributed by atoms with Gasteiger partial charge in [0.25, 0.3) is 0 Å². The highest BCUT2D eigenvalue weighted by Gasteiger charge is 2.28. The lowest BCUT2D eigenvalue weighted by molar-refractivity contribution is 0.222. The molecule has 4 heteroatoms. The Morgan fingerprint density at radius 3 is 2.48 bits per heavy atom. The van der Waals surface area contributed by atoms with Crippen molar-refractivity contribution in [3.63, 3.8) is 0 Å². The van der Waals surface area contributed by atoms with Crippen LogP contribution in [0.4, 0.5) is 8.78 Å². The van der Waals surface area contributed by atoms with E-state index in [-0.39, 0.29) is 17.7 Å². The van der Waals surface area contributed by atoms with E-state index in [9.17, 15) is 8.78 Å². The minimum atomic E-state index is -0.220. The molecule has 1 aliphatic rings. The van der Waals surface area contributed by atoms with Gasteiger partial charge in [-0.3, -0.25) is 4.90 Å². The molecule has 2 nitrogen and oxygen atoms in total. The van der Waals surface area contributed by atoms with Crippen LogP contribution in [0.2, 0.25) is 0 Å². The van der Waals surface area contributed by atoms with E-state index in [2.05, 4.69) is 4.90 Å². The Labute approximate surface area is 123 Å². The molecule has 2 N–H and O–H groups in total. The summed E-state index contributed by atoms with van der Waals surface area (Å²) in [4.78, 5) is 2.26. The molecule has 2 aromatic rings. The van der Waals surface area contributed by atoms with Crippen LogP contribution in [0.5, 0.6) is 0 Å². The predicted molar refractivity (Wildman–Crippen MR) is 78.7 cm³/mol. The van der Waals surface area contributed by atoms with E-state index in [0.29, 0.717) is 6.54 Å². The van der Waals surface area contributed by atoms with Gasteiger partial charge in [0.1, 0.15) is 11.6 Å². The molecule has 110 valence electrons. The van der Waals surface area contributed by atoms with Crippen LogP contribution in [-0.2, 0) is 13.0 Å². The zero-order chi connectivity index (χ0) is 14.8. The fourth-order valence-electron chi connectivity index (χ4n) is 2.98. The van der Waals surface area contributed by atoms with Crippen molar-refractivity contribution in [2.24, 2.45) is 5.73 Å². The molecule has 0 fully saturated rings. The van der Waals surface area contributed by atoms with Crippen molar-refractivity contribution in [3.8, 4) is 0 Å². The fraction of sp³-hybridized carbons (Fsp3) is 0.294. The van der Waals surface area contributed by atoms with Crippen LogP contribution in [-0.4, -0.2) is 18.0 Å². The van der Waals surface area contributed by atoms with Crippen LogP contribution < -0.4 is 5.73 Å². The number of hydrogen-bond donors (Lipinski definition) is 1. The molecule has 3 rings (SSSR count). The second kappa shape index (κ2) is 5.92. The second-order valence-corrected chi connectivity index (χ2v) is 5.44. The summed E-state index contributed by atoms with van der Waals surface area (Å²) in [5.74, 6) is -0.435. The standard InChI is InChI=1S/C17H18F2N2/c18-14-4-1-12(2-5-14)7-8-21-11-13-3-6-15(19)9-16(13)17(21)10-20/h1-6,9,17H,7-8,10-11,20H2. The lowest BCUT2D eigenvalue weighted by Crippen LogP contribution is -2.29. The van der Waals surface area contributed by atoms with Crippen molar-refractivity contribution >= 4 is 0 Å². The molecular formula is C17H18F2N2. The quantitative estimate of drug-likeness (QED) is 0.937. The summed E-state index contributed by atoms with van der Waals surface area (Å²) in [6.45, 7) is 2.09. The van der Waals surface area contributed by atoms with E-state index in [1.54, 1.807) is 18.2 Å². The largest absolute Gasteiger partial charge is 0.329 e. The number of hydrogen-bond acceptors (Lipinski definition) is 2. The Kier molecular flexibility index (Phi) is 3.99. The lowest BCUT2D eigenvalue weighted by atomic mass is 10.0. The Hall–Kier alpha value is -1.78. The summed E-state index contributed by atoms with van der Waals surface area (Å²) in [6.07, 6.45) is 0.827. The highest BCUT2D eigenvalue weighted by molar-refractivity contribution is 5.35. The molecule has 0 saturated heterocycles. The summed E-state index contributed by atoms with van der Waals surface area (Å²) < 4.78 is 26.3. The zero-order valence-electron chi connectivity index (χ0n) is 11.7. The molecule has 1 heterocycles. The van der Waals surface area contributed by atoms with E-state index in [4.69, 9.17) is 5.73 Å². The highest BCUT2D eigenvalue weighted by atomic mass is 19.1. The Bertz CT molecular complexity index is 625. The molecule has 21 heavy (non-hydrogen) atoms. The molecule has 1 unspecified atom stereocenters. The third kappa shape index (κ3) is 2.96. The van der Waals surface area contributed by atoms with Gasteiger partial charge in [0.2, 0.25) is 0 Å². The van der Waals surface area contributed by atoms with Crippen LogP contribution in [0, 0.1) is 11.6 Å². The van der Waals surface area contributed by atoms with Crippen molar-refractivity contribution in [2.75, 3.05) is 13.1 Å². The third-order valence-electron chi connectivity index (χ3n) is 4.11. The first kappa shape index (κ1) is 14.2. The van der Waals surface area contributed by atoms with Crippen molar-refractivity contribution in [3.05, 3.63) is 70.8 Å². The van der Waals surface area contributed by atoms with Crippen molar-refractivity contribution in [2.45, 2.75) is 19.0 Å². The third-order valence-corrected chi connectivity index (χ3v) is 4.11. The molecule has 0 radical (unpaired) electrons. The summed E-state index contributed by atoms with van der Waals surface area (Å²) in [7, 11) is 0. The van der Waals surface area contributed by atoms with Crippen LogP contribution >= 0.6 is 0 Å². The number of nitrogens with two attached hydrogens (primary N) is 1. The van der Waals surface area contributed by atoms with Gasteiger partial charge in [-0.15, -0.1) is 0 Å². The molecule has 0 aromatic heterocycles. The van der Waals surface area contributed by atoms with Crippen LogP contribution in [0.25, 0.3) is 0 Å². The first-order chi connectivity index (χ1) is 10.2. The fourth-order valence-corrected chi connectivity index (χ4v) is 2.98. The van der Waals surface area contributed by atoms with Crippen LogP contribution in [0.15, 0.2) is 42.5 Å². The normalized spacial score (nSPS) is 18.0. The summed E-state index contributed by atoms with van der Waals surface area (Å²) >= 11 is 0. The summed E-state index contributed by atoms with van der Waals surface area (Å²) in [5.41, 5.74) is 9.10. The number of fused-ring (bicyclic) bond motifs is 1. The minimum absolute atomic E-state index is 0.0659. The van der Waals surface area contributed by atoms with Crippen molar-refractivity contribution in [1.82, 2.24) is 4.90 Å². The molecule has 1 aliphatic heterocycles. The zero-order valence-corrected chi connectivity index (χ0v) is 11.7. The van der Waals surface area contributed by atoms with Crippen molar-refractivity contribution < 1.29 is 8.78 Å². The highest BCUT2D eigenvalue weighted by Crippen LogP contribution is 2.33. The summed E-state index contributed by atoms with van der Waals surface area (Å²) in [6, 6.07) is 11.5. The monoisotopic (exact) mass is 288 g/mol. The molecule has 0 amide bonds. The van der Waals surface area contributed by atoms with E-state index >= 15 is 0 Å². The van der Waals surface area contributed by atoms with E-state index in [1.165, 1.54) is 18.2 Å². The first-order valence-corrected chi connectivity index (χ1v) is 7.14. The maximum atomic E-state index is 13.4. The van der Waals surface area contributed by atoms with Crippen LogP contribution in [0.1, 0.15) is 22.7 Å². The van der Waals surface area contributed by atoms with E-state index < -0.39 is 0 Å². The van der Waals surface area contributed by atoms with Gasteiger partial charge in [0, 0.05) is 25.7 Å². The Morgan fingerprint density at radius 2 is 1.76 bits per heavy atom. The van der Waals surface area contributed by atoms with Gasteiger partial charge in [0.05, 0.1) is 0 Å². The molecule has 0 bridgehead atoms. The van der Waals surface area contributed by atoms with Gasteiger partial charge in [-0.1, -0.05) is 18.2 Å². The van der Waals surface area contributed by atoms with Gasteiger partial charge in [0.15, 0.2) is 0 Å². The SMILES string of the molecule is NCC1c2cc(F)ccc2CN1CCc1ccc(F)cc1. The van der Waals surface area contributed by atoms with Gasteiger partial charge in [-0.05, 0) is 47.4 Å². The number of benzene rings is 2. The molecular weight excluding hydrogens is 270 g/mol. The maximum Gasteiger partial charge on any atom is 0.123 e. The van der Waals surface area contributed by atoms with Gasteiger partial charge in [-0.25, -0.2) is 8.78 Å². The average molecular weight is 288 g/mol. The first-order valence-electron chi connectivity index (χ1n) is 7.14. The molecule has 2 aromatic carbocycles. The summed E-state index contributed by atoms with van der Waals surface area (Å²) in [5, 5.41) is 0. The Balaban J connectivity index is 1.71. The molecule has 0 aliphatic carbocycles. The minimum Gasteiger partial charge on any atom is -0.329 e. The molecule has 1 atom stereocenters. The van der Waals surface area contributed by atoms with Crippen molar-refractivity contribution in [1.29, 1.82) is 0 Å². The maximum absolute atomic E-state index is 13.4. The van der Waals surface area contributed by atoms with Gasteiger partial charge < -0.3 is 5.73 Å². The number of halogens is 2.